The van der Waals surface area contributed by atoms with Gasteiger partial charge >= 0.3 is 0 Å². The van der Waals surface area contributed by atoms with E-state index in [1.807, 2.05) is 19.0 Å². The van der Waals surface area contributed by atoms with E-state index in [9.17, 15) is 9.90 Å². The average Bonchev–Trinajstić information content (AvgIpc) is 2.57. The predicted molar refractivity (Wildman–Crippen MR) is 68.7 cm³/mol. The minimum atomic E-state index is -1.19. The van der Waals surface area contributed by atoms with Crippen LogP contribution in [0.3, 0.4) is 0 Å². The van der Waals surface area contributed by atoms with Crippen molar-refractivity contribution in [1.29, 1.82) is 0 Å². The Morgan fingerprint density at radius 2 is 2.29 bits per heavy atom. The van der Waals surface area contributed by atoms with Crippen LogP contribution in [0, 0.1) is 0 Å². The van der Waals surface area contributed by atoms with E-state index in [-0.39, 0.29) is 6.42 Å². The van der Waals surface area contributed by atoms with Gasteiger partial charge in [-0.2, -0.15) is 5.10 Å². The summed E-state index contributed by atoms with van der Waals surface area (Å²) in [5.74, 6) is 0. The number of aromatic nitrogens is 2. The van der Waals surface area contributed by atoms with Crippen molar-refractivity contribution in [3.63, 3.8) is 0 Å². The summed E-state index contributed by atoms with van der Waals surface area (Å²) in [6.07, 6.45) is 2.42. The molecule has 5 nitrogen and oxygen atoms in total. The zero-order chi connectivity index (χ0) is 13.1. The zero-order valence-electron chi connectivity index (χ0n) is 10.4. The van der Waals surface area contributed by atoms with Gasteiger partial charge in [0.15, 0.2) is 0 Å². The summed E-state index contributed by atoms with van der Waals surface area (Å²) in [4.78, 5) is 12.6. The highest BCUT2D eigenvalue weighted by atomic mass is 79.9. The van der Waals surface area contributed by atoms with Crippen LogP contribution in [0.1, 0.15) is 19.0 Å². The zero-order valence-corrected chi connectivity index (χ0v) is 11.9. The van der Waals surface area contributed by atoms with E-state index in [0.717, 1.165) is 17.3 Å². The molecule has 1 unspecified atom stereocenters. The van der Waals surface area contributed by atoms with Crippen molar-refractivity contribution >= 4 is 22.2 Å². The molecule has 0 fully saturated rings. The van der Waals surface area contributed by atoms with Crippen LogP contribution in [0.2, 0.25) is 0 Å². The Bertz CT molecular complexity index is 388. The Labute approximate surface area is 110 Å². The van der Waals surface area contributed by atoms with Gasteiger partial charge in [0.05, 0.1) is 22.9 Å². The monoisotopic (exact) mass is 303 g/mol. The topological polar surface area (TPSA) is 58.4 Å². The molecule has 0 aromatic carbocycles. The maximum atomic E-state index is 10.6. The minimum absolute atomic E-state index is 0.0548. The quantitative estimate of drug-likeness (QED) is 0.797. The van der Waals surface area contributed by atoms with Gasteiger partial charge in [-0.1, -0.05) is 0 Å². The second-order valence-electron chi connectivity index (χ2n) is 4.51. The lowest BCUT2D eigenvalue weighted by atomic mass is 9.99. The van der Waals surface area contributed by atoms with Crippen LogP contribution >= 0.6 is 15.9 Å². The van der Waals surface area contributed by atoms with Gasteiger partial charge in [0.1, 0.15) is 11.9 Å². The van der Waals surface area contributed by atoms with E-state index in [1.54, 1.807) is 17.8 Å². The molecule has 1 rings (SSSR count). The third-order valence-corrected chi connectivity index (χ3v) is 3.13. The molecule has 0 radical (unpaired) electrons. The van der Waals surface area contributed by atoms with Gasteiger partial charge in [0.25, 0.3) is 0 Å². The summed E-state index contributed by atoms with van der Waals surface area (Å²) in [5.41, 5.74) is -0.546. The van der Waals surface area contributed by atoms with Crippen LogP contribution in [0.15, 0.2) is 10.7 Å². The number of carbonyl (C=O) groups is 1. The largest absolute Gasteiger partial charge is 0.383 e. The van der Waals surface area contributed by atoms with Crippen molar-refractivity contribution in [2.75, 3.05) is 20.6 Å². The highest BCUT2D eigenvalue weighted by Gasteiger charge is 2.29. The van der Waals surface area contributed by atoms with Crippen LogP contribution in [-0.2, 0) is 16.9 Å². The van der Waals surface area contributed by atoms with Crippen molar-refractivity contribution < 1.29 is 9.90 Å². The average molecular weight is 304 g/mol. The van der Waals surface area contributed by atoms with Crippen LogP contribution in [0.4, 0.5) is 0 Å². The standard InChI is InChI=1S/C11H18BrN3O2/c1-11(17,4-7-16)10-9(12)8-13-15(10)6-5-14(2)3/h7-8,17H,4-6H2,1-3H3. The molecule has 0 aliphatic rings. The molecule has 1 N–H and O–H groups in total. The Kier molecular flexibility index (Phi) is 4.85. The van der Waals surface area contributed by atoms with Gasteiger partial charge < -0.3 is 14.8 Å². The molecule has 0 aliphatic heterocycles. The maximum Gasteiger partial charge on any atom is 0.123 e. The molecule has 0 saturated carbocycles. The van der Waals surface area contributed by atoms with Crippen molar-refractivity contribution in [2.24, 2.45) is 0 Å². The summed E-state index contributed by atoms with van der Waals surface area (Å²) in [5, 5.41) is 14.5. The first kappa shape index (κ1) is 14.3. The summed E-state index contributed by atoms with van der Waals surface area (Å²) in [6, 6.07) is 0. The van der Waals surface area contributed by atoms with E-state index in [1.165, 1.54) is 0 Å². The minimum Gasteiger partial charge on any atom is -0.383 e. The van der Waals surface area contributed by atoms with Gasteiger partial charge in [-0.15, -0.1) is 0 Å². The maximum absolute atomic E-state index is 10.6. The third-order valence-electron chi connectivity index (χ3n) is 2.54. The molecule has 1 aromatic rings. The number of carbonyl (C=O) groups excluding carboxylic acids is 1. The summed E-state index contributed by atoms with van der Waals surface area (Å²) >= 11 is 3.36. The fourth-order valence-electron chi connectivity index (χ4n) is 1.62. The van der Waals surface area contributed by atoms with Gasteiger partial charge in [0.2, 0.25) is 0 Å². The molecule has 0 bridgehead atoms. The predicted octanol–water partition coefficient (Wildman–Crippen LogP) is 1.00. The van der Waals surface area contributed by atoms with Crippen molar-refractivity contribution in [3.05, 3.63) is 16.4 Å². The first-order chi connectivity index (χ1) is 7.88. The molecular weight excluding hydrogens is 286 g/mol. The Morgan fingerprint density at radius 1 is 1.65 bits per heavy atom. The van der Waals surface area contributed by atoms with Crippen molar-refractivity contribution in [1.82, 2.24) is 14.7 Å². The molecule has 6 heteroatoms. The number of hydrogen-bond acceptors (Lipinski definition) is 4. The second kappa shape index (κ2) is 5.75. The van der Waals surface area contributed by atoms with Gasteiger partial charge in [-0.05, 0) is 36.9 Å². The van der Waals surface area contributed by atoms with E-state index < -0.39 is 5.60 Å². The highest BCUT2D eigenvalue weighted by molar-refractivity contribution is 9.10. The molecule has 17 heavy (non-hydrogen) atoms. The summed E-state index contributed by atoms with van der Waals surface area (Å²) < 4.78 is 2.45. The summed E-state index contributed by atoms with van der Waals surface area (Å²) in [6.45, 7) is 3.11. The van der Waals surface area contributed by atoms with Gasteiger partial charge in [0, 0.05) is 13.0 Å². The van der Waals surface area contributed by atoms with Crippen molar-refractivity contribution in [2.45, 2.75) is 25.5 Å². The first-order valence-electron chi connectivity index (χ1n) is 5.41. The van der Waals surface area contributed by atoms with E-state index in [2.05, 4.69) is 21.0 Å². The molecular formula is C11H18BrN3O2. The lowest BCUT2D eigenvalue weighted by molar-refractivity contribution is -0.112. The van der Waals surface area contributed by atoms with Crippen molar-refractivity contribution in [3.8, 4) is 0 Å². The number of hydrogen-bond donors (Lipinski definition) is 1. The van der Waals surface area contributed by atoms with E-state index >= 15 is 0 Å². The molecule has 1 atom stereocenters. The van der Waals surface area contributed by atoms with Gasteiger partial charge in [-0.25, -0.2) is 0 Å². The van der Waals surface area contributed by atoms with Gasteiger partial charge in [-0.3, -0.25) is 4.68 Å². The lowest BCUT2D eigenvalue weighted by Crippen LogP contribution is -2.29. The number of likely N-dealkylation sites (N-methyl/N-ethyl adjacent to an activating group) is 1. The third kappa shape index (κ3) is 3.62. The first-order valence-corrected chi connectivity index (χ1v) is 6.20. The van der Waals surface area contributed by atoms with Crippen LogP contribution in [0.5, 0.6) is 0 Å². The summed E-state index contributed by atoms with van der Waals surface area (Å²) in [7, 11) is 3.95. The number of aldehydes is 1. The molecule has 1 aromatic heterocycles. The van der Waals surface area contributed by atoms with E-state index in [0.29, 0.717) is 12.2 Å². The van der Waals surface area contributed by atoms with Crippen LogP contribution < -0.4 is 0 Å². The Morgan fingerprint density at radius 3 is 2.82 bits per heavy atom. The normalized spacial score (nSPS) is 14.9. The van der Waals surface area contributed by atoms with Crippen LogP contribution in [0.25, 0.3) is 0 Å². The number of rotatable bonds is 6. The van der Waals surface area contributed by atoms with E-state index in [4.69, 9.17) is 0 Å². The highest BCUT2D eigenvalue weighted by Crippen LogP contribution is 2.30. The molecule has 96 valence electrons. The van der Waals surface area contributed by atoms with Crippen LogP contribution in [-0.4, -0.2) is 46.7 Å². The molecule has 0 saturated heterocycles. The Hall–Kier alpha value is -0.720. The fraction of sp³-hybridized carbons (Fsp3) is 0.636. The fourth-order valence-corrected chi connectivity index (χ4v) is 2.34. The molecule has 0 spiro atoms. The smallest absolute Gasteiger partial charge is 0.123 e. The molecule has 0 amide bonds. The SMILES string of the molecule is CN(C)CCn1ncc(Br)c1C(C)(O)CC=O. The number of nitrogens with zero attached hydrogens (tertiary/aromatic N) is 3. The lowest BCUT2D eigenvalue weighted by Gasteiger charge is -2.23. The molecule has 0 aliphatic carbocycles. The number of halogens is 1. The number of aliphatic hydroxyl groups is 1. The molecule has 1 heterocycles. The Balaban J connectivity index is 2.97. The second-order valence-corrected chi connectivity index (χ2v) is 5.37.